The topological polar surface area (TPSA) is 38.9 Å². The molecule has 2 nitrogen and oxygen atoms in total. The minimum atomic E-state index is 0.0529. The fourth-order valence-electron chi connectivity index (χ4n) is 0.906. The maximum absolute atomic E-state index is 5.86. The maximum Gasteiger partial charge on any atom is 0.0795 e. The highest BCUT2D eigenvalue weighted by Gasteiger charge is 2.05. The molecule has 0 saturated heterocycles. The zero-order valence-electron chi connectivity index (χ0n) is 7.08. The predicted molar refractivity (Wildman–Crippen MR) is 51.7 cm³/mol. The number of nitrogens with zero attached hydrogens (tertiary/aromatic N) is 1. The minimum Gasteiger partial charge on any atom is -0.323 e. The second-order valence-corrected chi connectivity index (χ2v) is 3.20. The summed E-state index contributed by atoms with van der Waals surface area (Å²) in [6.45, 7) is 1.84. The molecule has 0 aliphatic carbocycles. The molecular weight excluding hydrogens is 168 g/mol. The highest BCUT2D eigenvalue weighted by Crippen LogP contribution is 2.14. The molecular formula is C9H12N2S. The Morgan fingerprint density at radius 2 is 2.58 bits per heavy atom. The Morgan fingerprint density at radius 1 is 1.75 bits per heavy atom. The van der Waals surface area contributed by atoms with Crippen molar-refractivity contribution < 1.29 is 0 Å². The van der Waals surface area contributed by atoms with E-state index in [1.165, 1.54) is 0 Å². The van der Waals surface area contributed by atoms with Gasteiger partial charge < -0.3 is 5.73 Å². The fourth-order valence-corrected chi connectivity index (χ4v) is 1.52. The number of hydrogen-bond acceptors (Lipinski definition) is 3. The third-order valence-electron chi connectivity index (χ3n) is 1.59. The quantitative estimate of drug-likeness (QED) is 0.722. The van der Waals surface area contributed by atoms with E-state index in [9.17, 15) is 0 Å². The van der Waals surface area contributed by atoms with Gasteiger partial charge in [-0.15, -0.1) is 23.2 Å². The van der Waals surface area contributed by atoms with Crippen molar-refractivity contribution in [1.29, 1.82) is 0 Å². The van der Waals surface area contributed by atoms with Gasteiger partial charge in [-0.05, 0) is 13.3 Å². The molecule has 3 heteroatoms. The summed E-state index contributed by atoms with van der Waals surface area (Å²) in [5.41, 5.74) is 8.65. The van der Waals surface area contributed by atoms with Gasteiger partial charge in [-0.2, -0.15) is 0 Å². The summed E-state index contributed by atoms with van der Waals surface area (Å²) in [5.74, 6) is 5.83. The molecule has 0 radical (unpaired) electrons. The van der Waals surface area contributed by atoms with Crippen molar-refractivity contribution in [1.82, 2.24) is 4.98 Å². The van der Waals surface area contributed by atoms with Crippen LogP contribution in [0.4, 0.5) is 0 Å². The summed E-state index contributed by atoms with van der Waals surface area (Å²) < 4.78 is 0. The molecule has 1 aromatic heterocycles. The van der Waals surface area contributed by atoms with Crippen LogP contribution in [0.5, 0.6) is 0 Å². The maximum atomic E-state index is 5.86. The molecule has 0 bridgehead atoms. The molecule has 1 rings (SSSR count). The van der Waals surface area contributed by atoms with Crippen molar-refractivity contribution in [2.45, 2.75) is 25.8 Å². The molecule has 0 saturated carbocycles. The first-order valence-electron chi connectivity index (χ1n) is 3.88. The van der Waals surface area contributed by atoms with Crippen molar-refractivity contribution in [3.8, 4) is 11.8 Å². The lowest BCUT2D eigenvalue weighted by molar-refractivity contribution is 0.652. The SMILES string of the molecule is CC#CCCC(N)c1cscn1. The third kappa shape index (κ3) is 2.65. The highest BCUT2D eigenvalue weighted by molar-refractivity contribution is 7.07. The molecule has 0 aliphatic rings. The number of rotatable bonds is 3. The largest absolute Gasteiger partial charge is 0.323 e. The Labute approximate surface area is 76.8 Å². The molecule has 64 valence electrons. The van der Waals surface area contributed by atoms with E-state index in [-0.39, 0.29) is 6.04 Å². The van der Waals surface area contributed by atoms with Gasteiger partial charge in [0, 0.05) is 17.8 Å². The van der Waals surface area contributed by atoms with Gasteiger partial charge in [0.2, 0.25) is 0 Å². The molecule has 0 fully saturated rings. The molecule has 1 atom stereocenters. The van der Waals surface area contributed by atoms with E-state index in [0.717, 1.165) is 18.5 Å². The van der Waals surface area contributed by atoms with Crippen molar-refractivity contribution in [2.24, 2.45) is 5.73 Å². The van der Waals surface area contributed by atoms with Crippen LogP contribution in [0.2, 0.25) is 0 Å². The van der Waals surface area contributed by atoms with Crippen molar-refractivity contribution in [3.63, 3.8) is 0 Å². The lowest BCUT2D eigenvalue weighted by atomic mass is 10.1. The summed E-state index contributed by atoms with van der Waals surface area (Å²) in [6.07, 6.45) is 1.75. The van der Waals surface area contributed by atoms with Crippen LogP contribution in [0.1, 0.15) is 31.5 Å². The van der Waals surface area contributed by atoms with E-state index in [2.05, 4.69) is 16.8 Å². The van der Waals surface area contributed by atoms with Crippen LogP contribution in [-0.4, -0.2) is 4.98 Å². The first kappa shape index (κ1) is 9.24. The zero-order chi connectivity index (χ0) is 8.81. The molecule has 1 aromatic rings. The fraction of sp³-hybridized carbons (Fsp3) is 0.444. The van der Waals surface area contributed by atoms with Crippen LogP contribution in [0, 0.1) is 11.8 Å². The van der Waals surface area contributed by atoms with E-state index in [0.29, 0.717) is 0 Å². The molecule has 1 heterocycles. The van der Waals surface area contributed by atoms with Crippen LogP contribution in [0.25, 0.3) is 0 Å². The third-order valence-corrected chi connectivity index (χ3v) is 2.19. The molecule has 0 aromatic carbocycles. The summed E-state index contributed by atoms with van der Waals surface area (Å²) >= 11 is 1.58. The second kappa shape index (κ2) is 4.91. The average molecular weight is 180 g/mol. The van der Waals surface area contributed by atoms with Crippen molar-refractivity contribution in [2.75, 3.05) is 0 Å². The van der Waals surface area contributed by atoms with Crippen LogP contribution < -0.4 is 5.73 Å². The molecule has 1 unspecified atom stereocenters. The Hall–Kier alpha value is -0.850. The van der Waals surface area contributed by atoms with Crippen LogP contribution in [0.15, 0.2) is 10.9 Å². The van der Waals surface area contributed by atoms with Crippen LogP contribution >= 0.6 is 11.3 Å². The minimum absolute atomic E-state index is 0.0529. The second-order valence-electron chi connectivity index (χ2n) is 2.49. The molecule has 0 amide bonds. The molecule has 12 heavy (non-hydrogen) atoms. The number of thiazole rings is 1. The number of aromatic nitrogens is 1. The zero-order valence-corrected chi connectivity index (χ0v) is 7.90. The molecule has 0 spiro atoms. The average Bonchev–Trinajstić information content (AvgIpc) is 2.56. The first-order valence-corrected chi connectivity index (χ1v) is 4.82. The van der Waals surface area contributed by atoms with Gasteiger partial charge in [0.25, 0.3) is 0 Å². The Balaban J connectivity index is 2.37. The van der Waals surface area contributed by atoms with Gasteiger partial charge >= 0.3 is 0 Å². The summed E-state index contributed by atoms with van der Waals surface area (Å²) in [6, 6.07) is 0.0529. The standard InChI is InChI=1S/C9H12N2S/c1-2-3-4-5-8(10)9-6-12-7-11-9/h6-8H,4-5,10H2,1H3. The Kier molecular flexibility index (Phi) is 3.78. The summed E-state index contributed by atoms with van der Waals surface area (Å²) in [5, 5.41) is 1.99. The van der Waals surface area contributed by atoms with Gasteiger partial charge in [-0.25, -0.2) is 4.98 Å². The van der Waals surface area contributed by atoms with Crippen molar-refractivity contribution >= 4 is 11.3 Å². The van der Waals surface area contributed by atoms with E-state index < -0.39 is 0 Å². The van der Waals surface area contributed by atoms with E-state index in [1.54, 1.807) is 16.8 Å². The monoisotopic (exact) mass is 180 g/mol. The summed E-state index contributed by atoms with van der Waals surface area (Å²) in [4.78, 5) is 4.14. The van der Waals surface area contributed by atoms with Crippen molar-refractivity contribution in [3.05, 3.63) is 16.6 Å². The smallest absolute Gasteiger partial charge is 0.0795 e. The lowest BCUT2D eigenvalue weighted by Crippen LogP contribution is -2.09. The van der Waals surface area contributed by atoms with Gasteiger partial charge in [-0.1, -0.05) is 0 Å². The van der Waals surface area contributed by atoms with Crippen LogP contribution in [-0.2, 0) is 0 Å². The van der Waals surface area contributed by atoms with Gasteiger partial charge in [0.1, 0.15) is 0 Å². The Bertz CT molecular complexity index is 268. The summed E-state index contributed by atoms with van der Waals surface area (Å²) in [7, 11) is 0. The van der Waals surface area contributed by atoms with E-state index in [1.807, 2.05) is 12.3 Å². The lowest BCUT2D eigenvalue weighted by Gasteiger charge is -2.04. The van der Waals surface area contributed by atoms with Gasteiger partial charge in [-0.3, -0.25) is 0 Å². The normalized spacial score (nSPS) is 11.8. The van der Waals surface area contributed by atoms with E-state index in [4.69, 9.17) is 5.73 Å². The van der Waals surface area contributed by atoms with Gasteiger partial charge in [0.05, 0.1) is 11.2 Å². The van der Waals surface area contributed by atoms with Gasteiger partial charge in [0.15, 0.2) is 0 Å². The number of nitrogens with two attached hydrogens (primary N) is 1. The highest BCUT2D eigenvalue weighted by atomic mass is 32.1. The number of hydrogen-bond donors (Lipinski definition) is 1. The Morgan fingerprint density at radius 3 is 3.17 bits per heavy atom. The molecule has 0 aliphatic heterocycles. The molecule has 2 N–H and O–H groups in total. The first-order chi connectivity index (χ1) is 5.84. The van der Waals surface area contributed by atoms with Crippen LogP contribution in [0.3, 0.4) is 0 Å². The van der Waals surface area contributed by atoms with E-state index >= 15 is 0 Å². The predicted octanol–water partition coefficient (Wildman–Crippen LogP) is 1.95.